The second-order valence-electron chi connectivity index (χ2n) is 5.65. The average molecular weight is 367 g/mol. The van der Waals surface area contributed by atoms with Gasteiger partial charge in [0.1, 0.15) is 11.9 Å². The second kappa shape index (κ2) is 9.16. The number of amides is 1. The Labute approximate surface area is 150 Å². The van der Waals surface area contributed by atoms with Crippen molar-refractivity contribution in [1.29, 1.82) is 0 Å². The molecule has 0 bridgehead atoms. The zero-order valence-corrected chi connectivity index (χ0v) is 14.5. The van der Waals surface area contributed by atoms with Gasteiger partial charge >= 0.3 is 11.9 Å². The lowest BCUT2D eigenvalue weighted by Crippen LogP contribution is -2.44. The first-order chi connectivity index (χ1) is 12.5. The minimum Gasteiger partial charge on any atom is -0.467 e. The molecule has 9 heteroatoms. The Morgan fingerprint density at radius 2 is 2.15 bits per heavy atom. The van der Waals surface area contributed by atoms with E-state index in [4.69, 9.17) is 14.2 Å². The number of rotatable bonds is 7. The Bertz CT molecular complexity index is 662. The molecule has 1 amide bonds. The molecule has 3 atom stereocenters. The Hall–Kier alpha value is -2.65. The number of carbonyl (C=O) groups excluding carboxylic acids is 3. The molecule has 1 saturated heterocycles. The molecule has 9 nitrogen and oxygen atoms in total. The Morgan fingerprint density at radius 3 is 2.77 bits per heavy atom. The van der Waals surface area contributed by atoms with Crippen molar-refractivity contribution < 1.29 is 38.4 Å². The third kappa shape index (κ3) is 5.17. The molecule has 0 spiro atoms. The van der Waals surface area contributed by atoms with E-state index >= 15 is 0 Å². The molecule has 0 aromatic heterocycles. The quantitative estimate of drug-likeness (QED) is 0.535. The number of ether oxygens (including phenoxy) is 4. The number of benzene rings is 1. The highest BCUT2D eigenvalue weighted by atomic mass is 16.7. The first-order valence-corrected chi connectivity index (χ1v) is 7.98. The number of esters is 2. The van der Waals surface area contributed by atoms with Crippen LogP contribution < -0.4 is 10.1 Å². The van der Waals surface area contributed by atoms with Crippen LogP contribution in [0.4, 0.5) is 5.69 Å². The largest absolute Gasteiger partial charge is 0.467 e. The fourth-order valence-electron chi connectivity index (χ4n) is 2.62. The van der Waals surface area contributed by atoms with Crippen molar-refractivity contribution in [3.63, 3.8) is 0 Å². The summed E-state index contributed by atoms with van der Waals surface area (Å²) in [5.74, 6) is -0.837. The summed E-state index contributed by atoms with van der Waals surface area (Å²) in [5, 5.41) is 11.8. The summed E-state index contributed by atoms with van der Waals surface area (Å²) in [6, 6.07) is 4.73. The summed E-state index contributed by atoms with van der Waals surface area (Å²) in [5.41, 5.74) is 0.929. The molecule has 3 unspecified atom stereocenters. The predicted molar refractivity (Wildman–Crippen MR) is 88.1 cm³/mol. The van der Waals surface area contributed by atoms with Gasteiger partial charge < -0.3 is 29.4 Å². The van der Waals surface area contributed by atoms with Gasteiger partial charge in [-0.15, -0.1) is 0 Å². The monoisotopic (exact) mass is 367 g/mol. The third-order valence-corrected chi connectivity index (χ3v) is 3.75. The van der Waals surface area contributed by atoms with Crippen molar-refractivity contribution in [2.24, 2.45) is 0 Å². The van der Waals surface area contributed by atoms with Gasteiger partial charge in [0, 0.05) is 19.8 Å². The number of carbonyl (C=O) groups is 3. The molecule has 1 aliphatic rings. The molecule has 0 saturated carbocycles. The maximum atomic E-state index is 11.8. The van der Waals surface area contributed by atoms with E-state index in [2.05, 4.69) is 10.1 Å². The maximum absolute atomic E-state index is 11.8. The van der Waals surface area contributed by atoms with Crippen molar-refractivity contribution in [3.8, 4) is 5.75 Å². The summed E-state index contributed by atoms with van der Waals surface area (Å²) in [6.45, 7) is 1.05. The highest BCUT2D eigenvalue weighted by Gasteiger charge is 2.37. The number of nitrogens with one attached hydrogen (secondary N) is 1. The van der Waals surface area contributed by atoms with Gasteiger partial charge in [-0.25, -0.2) is 4.79 Å². The van der Waals surface area contributed by atoms with Crippen molar-refractivity contribution >= 4 is 24.0 Å². The fraction of sp³-hybridized carbons (Fsp3) is 0.471. The maximum Gasteiger partial charge on any atom is 0.335 e. The molecular weight excluding hydrogens is 346 g/mol. The van der Waals surface area contributed by atoms with E-state index in [1.54, 1.807) is 12.1 Å². The van der Waals surface area contributed by atoms with Crippen LogP contribution in [0, 0.1) is 0 Å². The van der Waals surface area contributed by atoms with E-state index in [0.717, 1.165) is 0 Å². The molecule has 2 N–H and O–H groups in total. The van der Waals surface area contributed by atoms with E-state index in [1.165, 1.54) is 20.1 Å². The van der Waals surface area contributed by atoms with Crippen LogP contribution in [0.1, 0.15) is 25.3 Å². The van der Waals surface area contributed by atoms with Crippen molar-refractivity contribution in [1.82, 2.24) is 0 Å². The van der Waals surface area contributed by atoms with Crippen LogP contribution in [0.2, 0.25) is 0 Å². The van der Waals surface area contributed by atoms with Crippen molar-refractivity contribution in [2.45, 2.75) is 44.9 Å². The smallest absolute Gasteiger partial charge is 0.335 e. The number of anilines is 1. The van der Waals surface area contributed by atoms with Gasteiger partial charge in [-0.05, 0) is 17.7 Å². The molecule has 1 fully saturated rings. The summed E-state index contributed by atoms with van der Waals surface area (Å²) >= 11 is 0. The number of aliphatic hydroxyl groups excluding tert-OH is 1. The Morgan fingerprint density at radius 1 is 1.38 bits per heavy atom. The fourth-order valence-corrected chi connectivity index (χ4v) is 2.62. The van der Waals surface area contributed by atoms with Crippen LogP contribution >= 0.6 is 0 Å². The molecule has 142 valence electrons. The summed E-state index contributed by atoms with van der Waals surface area (Å²) in [4.78, 5) is 33.8. The van der Waals surface area contributed by atoms with Crippen LogP contribution in [0.5, 0.6) is 5.75 Å². The van der Waals surface area contributed by atoms with Crippen molar-refractivity contribution in [2.75, 3.05) is 12.4 Å². The number of methoxy groups -OCH3 is 1. The van der Waals surface area contributed by atoms with Crippen LogP contribution in [0.15, 0.2) is 18.2 Å². The van der Waals surface area contributed by atoms with E-state index < -0.39 is 30.4 Å². The SMILES string of the molecule is COC(=O)C1CC(OC(C)=O)CC(Oc2cc(CO)ccc2NC=O)O1. The predicted octanol–water partition coefficient (Wildman–Crippen LogP) is 0.736. The minimum atomic E-state index is -0.952. The number of hydrogen-bond donors (Lipinski definition) is 2. The lowest BCUT2D eigenvalue weighted by molar-refractivity contribution is -0.204. The van der Waals surface area contributed by atoms with E-state index in [1.807, 2.05) is 0 Å². The molecule has 1 aromatic rings. The normalized spacial score (nSPS) is 22.2. The number of aliphatic hydroxyl groups is 1. The summed E-state index contributed by atoms with van der Waals surface area (Å²) in [6.07, 6.45) is -1.62. The topological polar surface area (TPSA) is 120 Å². The molecule has 1 heterocycles. The molecule has 26 heavy (non-hydrogen) atoms. The van der Waals surface area contributed by atoms with Crippen LogP contribution in [-0.2, 0) is 35.2 Å². The molecule has 1 aromatic carbocycles. The standard InChI is InChI=1S/C17H21NO8/c1-10(21)24-12-6-15(17(22)23-2)26-16(7-12)25-14-5-11(8-19)3-4-13(14)18-9-20/h3-5,9,12,15-16,19H,6-8H2,1-2H3,(H,18,20). The lowest BCUT2D eigenvalue weighted by atomic mass is 10.0. The zero-order chi connectivity index (χ0) is 19.1. The number of hydrogen-bond acceptors (Lipinski definition) is 8. The van der Waals surface area contributed by atoms with E-state index in [0.29, 0.717) is 17.7 Å². The van der Waals surface area contributed by atoms with Crippen LogP contribution in [-0.4, -0.2) is 49.1 Å². The Balaban J connectivity index is 2.21. The molecular formula is C17H21NO8. The first kappa shape index (κ1) is 19.7. The van der Waals surface area contributed by atoms with Gasteiger partial charge in [0.05, 0.1) is 19.4 Å². The molecule has 1 aliphatic heterocycles. The highest BCUT2D eigenvalue weighted by Crippen LogP contribution is 2.31. The molecule has 0 aliphatic carbocycles. The second-order valence-corrected chi connectivity index (χ2v) is 5.65. The average Bonchev–Trinajstić information content (AvgIpc) is 2.61. The van der Waals surface area contributed by atoms with E-state index in [9.17, 15) is 19.5 Å². The van der Waals surface area contributed by atoms with Gasteiger partial charge in [0.2, 0.25) is 12.7 Å². The summed E-state index contributed by atoms with van der Waals surface area (Å²) < 4.78 is 21.2. The van der Waals surface area contributed by atoms with Gasteiger partial charge in [-0.3, -0.25) is 9.59 Å². The van der Waals surface area contributed by atoms with Crippen molar-refractivity contribution in [3.05, 3.63) is 23.8 Å². The lowest BCUT2D eigenvalue weighted by Gasteiger charge is -2.33. The van der Waals surface area contributed by atoms with Gasteiger partial charge in [0.25, 0.3) is 0 Å². The highest BCUT2D eigenvalue weighted by molar-refractivity contribution is 5.76. The molecule has 0 radical (unpaired) electrons. The van der Waals surface area contributed by atoms with Gasteiger partial charge in [-0.2, -0.15) is 0 Å². The third-order valence-electron chi connectivity index (χ3n) is 3.75. The van der Waals surface area contributed by atoms with Gasteiger partial charge in [-0.1, -0.05) is 6.07 Å². The Kier molecular flexibility index (Phi) is 6.93. The zero-order valence-electron chi connectivity index (χ0n) is 14.5. The molecule has 2 rings (SSSR count). The van der Waals surface area contributed by atoms with E-state index in [-0.39, 0.29) is 25.2 Å². The summed E-state index contributed by atoms with van der Waals surface area (Å²) in [7, 11) is 1.23. The van der Waals surface area contributed by atoms with Crippen LogP contribution in [0.25, 0.3) is 0 Å². The van der Waals surface area contributed by atoms with Gasteiger partial charge in [0.15, 0.2) is 6.10 Å². The minimum absolute atomic E-state index is 0.155. The first-order valence-electron chi connectivity index (χ1n) is 7.98. The van der Waals surface area contributed by atoms with Crippen LogP contribution in [0.3, 0.4) is 0 Å².